The van der Waals surface area contributed by atoms with Crippen LogP contribution in [0.3, 0.4) is 0 Å². The first-order chi connectivity index (χ1) is 2.91. The largest absolute Gasteiger partial charge is 0.277 e. The van der Waals surface area contributed by atoms with E-state index in [1.54, 1.807) is 6.92 Å². The van der Waals surface area contributed by atoms with Crippen LogP contribution in [0.1, 0.15) is 6.92 Å². The van der Waals surface area contributed by atoms with Gasteiger partial charge in [0.25, 0.3) is 0 Å². The van der Waals surface area contributed by atoms with Crippen molar-refractivity contribution in [2.45, 2.75) is 6.92 Å². The molecule has 1 N–H and O–H groups in total. The number of hydrogen-bond acceptors (Lipinski definition) is 2. The van der Waals surface area contributed by atoms with Crippen molar-refractivity contribution >= 4 is 12.6 Å². The summed E-state index contributed by atoms with van der Waals surface area (Å²) in [6.45, 7) is 1.72. The maximum atomic E-state index is 9.34. The Bertz CT molecular complexity index is 59.8. The van der Waals surface area contributed by atoms with Crippen LogP contribution in [-0.2, 0) is 4.79 Å². The number of carbonyl (C=O) groups excluding carboxylic acids is 1. The molecule has 34 valence electrons. The molecule has 0 bridgehead atoms. The first kappa shape index (κ1) is 5.14. The Hall–Kier alpha value is -0.860. The molecule has 0 aromatic heterocycles. The van der Waals surface area contributed by atoms with Gasteiger partial charge in [0, 0.05) is 6.21 Å². The second-order valence-corrected chi connectivity index (χ2v) is 0.634. The third kappa shape index (κ3) is 3.14. The van der Waals surface area contributed by atoms with E-state index in [0.717, 1.165) is 0 Å². The fourth-order valence-electron chi connectivity index (χ4n) is 0.105. The van der Waals surface area contributed by atoms with Crippen LogP contribution in [0.5, 0.6) is 0 Å². The molecule has 0 atom stereocenters. The third-order valence-electron chi connectivity index (χ3n) is 0.256. The van der Waals surface area contributed by atoms with Gasteiger partial charge in [-0.05, 0) is 6.92 Å². The van der Waals surface area contributed by atoms with E-state index in [2.05, 4.69) is 10.5 Å². The molecule has 0 aliphatic rings. The van der Waals surface area contributed by atoms with Crippen LogP contribution in [0.15, 0.2) is 5.10 Å². The molecule has 6 heavy (non-hydrogen) atoms. The van der Waals surface area contributed by atoms with Gasteiger partial charge in [-0.15, -0.1) is 0 Å². The summed E-state index contributed by atoms with van der Waals surface area (Å²) in [6, 6.07) is 0. The average Bonchev–Trinajstić information content (AvgIpc) is 1.61. The van der Waals surface area contributed by atoms with Gasteiger partial charge in [0.2, 0.25) is 6.41 Å². The van der Waals surface area contributed by atoms with Crippen LogP contribution in [0, 0.1) is 0 Å². The second-order valence-electron chi connectivity index (χ2n) is 0.634. The lowest BCUT2D eigenvalue weighted by molar-refractivity contribution is -0.109. The highest BCUT2D eigenvalue weighted by molar-refractivity contribution is 5.56. The molecule has 0 saturated carbocycles. The van der Waals surface area contributed by atoms with Gasteiger partial charge in [-0.2, -0.15) is 5.10 Å². The highest BCUT2D eigenvalue weighted by atomic mass is 16.1. The molecule has 0 heterocycles. The molecule has 0 aromatic carbocycles. The molecular weight excluding hydrogens is 80.0 g/mol. The normalized spacial score (nSPS) is 8.83. The van der Waals surface area contributed by atoms with Crippen LogP contribution in [0.2, 0.25) is 0 Å². The van der Waals surface area contributed by atoms with E-state index in [1.165, 1.54) is 6.21 Å². The van der Waals surface area contributed by atoms with E-state index < -0.39 is 0 Å². The average molecular weight is 86.1 g/mol. The molecule has 0 fully saturated rings. The van der Waals surface area contributed by atoms with Crippen molar-refractivity contribution in [1.29, 1.82) is 0 Å². The summed E-state index contributed by atoms with van der Waals surface area (Å²) in [5.74, 6) is 0. The topological polar surface area (TPSA) is 41.5 Å². The Morgan fingerprint density at radius 2 is 2.50 bits per heavy atom. The quantitative estimate of drug-likeness (QED) is 0.281. The monoisotopic (exact) mass is 86.0 g/mol. The first-order valence-electron chi connectivity index (χ1n) is 1.58. The fraction of sp³-hybridized carbons (Fsp3) is 0.333. The molecule has 3 heteroatoms. The van der Waals surface area contributed by atoms with E-state index >= 15 is 0 Å². The van der Waals surface area contributed by atoms with Crippen molar-refractivity contribution < 1.29 is 4.79 Å². The van der Waals surface area contributed by atoms with E-state index in [-0.39, 0.29) is 0 Å². The molecule has 0 aromatic rings. The number of hydrazone groups is 1. The number of amides is 1. The summed E-state index contributed by atoms with van der Waals surface area (Å²) in [5.41, 5.74) is 2.09. The summed E-state index contributed by atoms with van der Waals surface area (Å²) in [6.07, 6.45) is 2.01. The van der Waals surface area contributed by atoms with Crippen LogP contribution in [0.25, 0.3) is 0 Å². The van der Waals surface area contributed by atoms with Crippen LogP contribution < -0.4 is 5.43 Å². The smallest absolute Gasteiger partial charge is 0.227 e. The van der Waals surface area contributed by atoms with E-state index in [1.807, 2.05) is 0 Å². The summed E-state index contributed by atoms with van der Waals surface area (Å²) in [4.78, 5) is 9.34. The SMILES string of the molecule is CC=NNC=O. The Balaban J connectivity index is 2.85. The Labute approximate surface area is 36.0 Å². The van der Waals surface area contributed by atoms with Crippen molar-refractivity contribution in [3.8, 4) is 0 Å². The minimum absolute atomic E-state index is 0.514. The number of carbonyl (C=O) groups is 1. The Morgan fingerprint density at radius 3 is 2.67 bits per heavy atom. The lowest BCUT2D eigenvalue weighted by Gasteiger charge is -1.74. The summed E-state index contributed by atoms with van der Waals surface area (Å²) in [5, 5.41) is 3.35. The number of nitrogens with one attached hydrogen (secondary N) is 1. The van der Waals surface area contributed by atoms with Gasteiger partial charge in [0.15, 0.2) is 0 Å². The fourth-order valence-corrected chi connectivity index (χ4v) is 0.105. The maximum Gasteiger partial charge on any atom is 0.227 e. The molecule has 0 spiro atoms. The van der Waals surface area contributed by atoms with E-state index in [9.17, 15) is 4.79 Å². The predicted molar refractivity (Wildman–Crippen MR) is 23.4 cm³/mol. The van der Waals surface area contributed by atoms with E-state index in [4.69, 9.17) is 0 Å². The second kappa shape index (κ2) is 4.14. The van der Waals surface area contributed by atoms with Gasteiger partial charge in [-0.1, -0.05) is 0 Å². The molecule has 3 nitrogen and oxygen atoms in total. The summed E-state index contributed by atoms with van der Waals surface area (Å²) in [7, 11) is 0. The molecule has 0 rings (SSSR count). The molecule has 0 saturated heterocycles. The zero-order chi connectivity index (χ0) is 4.83. The summed E-state index contributed by atoms with van der Waals surface area (Å²) < 4.78 is 0. The van der Waals surface area contributed by atoms with Gasteiger partial charge in [-0.25, -0.2) is 0 Å². The van der Waals surface area contributed by atoms with Crippen molar-refractivity contribution in [2.75, 3.05) is 0 Å². The van der Waals surface area contributed by atoms with Crippen LogP contribution in [0.4, 0.5) is 0 Å². The Kier molecular flexibility index (Phi) is 3.55. The number of nitrogens with zero attached hydrogens (tertiary/aromatic N) is 1. The minimum atomic E-state index is 0.514. The van der Waals surface area contributed by atoms with Crippen molar-refractivity contribution in [1.82, 2.24) is 5.43 Å². The van der Waals surface area contributed by atoms with Crippen LogP contribution >= 0.6 is 0 Å². The highest BCUT2D eigenvalue weighted by Crippen LogP contribution is 1.43. The molecule has 0 unspecified atom stereocenters. The zero-order valence-corrected chi connectivity index (χ0v) is 3.51. The maximum absolute atomic E-state index is 9.34. The molecule has 1 amide bonds. The summed E-state index contributed by atoms with van der Waals surface area (Å²) >= 11 is 0. The standard InChI is InChI=1S/C3H6N2O/c1-2-4-5-3-6/h2-3H,1H3,(H,5,6). The van der Waals surface area contributed by atoms with Crippen molar-refractivity contribution in [3.63, 3.8) is 0 Å². The molecule has 0 aliphatic heterocycles. The zero-order valence-electron chi connectivity index (χ0n) is 3.51. The molecule has 0 aliphatic carbocycles. The van der Waals surface area contributed by atoms with Gasteiger partial charge in [-0.3, -0.25) is 10.2 Å². The number of rotatable bonds is 2. The van der Waals surface area contributed by atoms with Crippen molar-refractivity contribution in [3.05, 3.63) is 0 Å². The van der Waals surface area contributed by atoms with Gasteiger partial charge >= 0.3 is 0 Å². The van der Waals surface area contributed by atoms with Crippen molar-refractivity contribution in [2.24, 2.45) is 5.10 Å². The molecular formula is C3H6N2O. The first-order valence-corrected chi connectivity index (χ1v) is 1.58. The van der Waals surface area contributed by atoms with Crippen LogP contribution in [-0.4, -0.2) is 12.6 Å². The highest BCUT2D eigenvalue weighted by Gasteiger charge is 1.55. The predicted octanol–water partition coefficient (Wildman–Crippen LogP) is -0.262. The molecule has 0 radical (unpaired) electrons. The van der Waals surface area contributed by atoms with E-state index in [0.29, 0.717) is 6.41 Å². The van der Waals surface area contributed by atoms with Gasteiger partial charge < -0.3 is 0 Å². The van der Waals surface area contributed by atoms with Gasteiger partial charge in [0.05, 0.1) is 0 Å². The number of hydrogen-bond donors (Lipinski definition) is 1. The van der Waals surface area contributed by atoms with Gasteiger partial charge in [0.1, 0.15) is 0 Å². The Morgan fingerprint density at radius 1 is 1.83 bits per heavy atom. The third-order valence-corrected chi connectivity index (χ3v) is 0.256. The lowest BCUT2D eigenvalue weighted by atomic mass is 10.9. The minimum Gasteiger partial charge on any atom is -0.277 e. The lowest BCUT2D eigenvalue weighted by Crippen LogP contribution is -1.98.